The average molecular weight is 725 g/mol. The summed E-state index contributed by atoms with van der Waals surface area (Å²) < 4.78 is 15.3. The van der Waals surface area contributed by atoms with E-state index in [0.717, 1.165) is 41.0 Å². The van der Waals surface area contributed by atoms with Crippen molar-refractivity contribution in [2.24, 2.45) is 0 Å². The molecule has 49 heavy (non-hydrogen) atoms. The summed E-state index contributed by atoms with van der Waals surface area (Å²) in [6.45, 7) is 9.38. The number of halogens is 3. The van der Waals surface area contributed by atoms with E-state index >= 15 is 0 Å². The van der Waals surface area contributed by atoms with Gasteiger partial charge in [0.25, 0.3) is 5.56 Å². The second-order valence-corrected chi connectivity index (χ2v) is 12.8. The van der Waals surface area contributed by atoms with Crippen LogP contribution in [0.1, 0.15) is 49.1 Å². The Hall–Kier alpha value is -4.03. The molecule has 13 heteroatoms. The molecule has 2 aromatic carbocycles. The van der Waals surface area contributed by atoms with Crippen LogP contribution in [0.5, 0.6) is 0 Å². The average Bonchev–Trinajstić information content (AvgIpc) is 3.64. The topological polar surface area (TPSA) is 100 Å². The third kappa shape index (κ3) is 10.2. The number of aromatic nitrogens is 5. The predicted octanol–water partition coefficient (Wildman–Crippen LogP) is 7.06. The number of H-pyrrole nitrogens is 1. The molecule has 1 N–H and O–H groups in total. The van der Waals surface area contributed by atoms with Crippen molar-refractivity contribution in [3.63, 3.8) is 0 Å². The monoisotopic (exact) mass is 723 g/mol. The Kier molecular flexibility index (Phi) is 14.0. The number of amides is 1. The fourth-order valence-electron chi connectivity index (χ4n) is 5.29. The van der Waals surface area contributed by atoms with Gasteiger partial charge in [0.1, 0.15) is 12.4 Å². The molecule has 0 aliphatic rings. The van der Waals surface area contributed by atoms with Gasteiger partial charge in [-0.05, 0) is 60.1 Å². The Labute approximate surface area is 301 Å². The standard InChI is InChI=1S/C36H39ClFN7O2S.ClH/c1-4-43(5-2)16-17-44(21-32-15-10-28(18-39-32)27-8-11-30(37)12-9-27)34(46)23-45-22-33(25(3)29-19-40-41-20-29)35(47)42-36(45)48-24-26-6-13-31(38)14-7-26;/h6-15,18-20,22,25H,4-5,16-17,21,23-24H2,1-3H3,(H,40,41);1H. The minimum atomic E-state index is -0.364. The number of thioether (sulfide) groups is 1. The lowest BCUT2D eigenvalue weighted by molar-refractivity contribution is -0.133. The quantitative estimate of drug-likeness (QED) is 0.0913. The van der Waals surface area contributed by atoms with Gasteiger partial charge < -0.3 is 14.4 Å². The van der Waals surface area contributed by atoms with E-state index < -0.39 is 0 Å². The summed E-state index contributed by atoms with van der Waals surface area (Å²) >= 11 is 7.40. The minimum Gasteiger partial charge on any atom is -0.334 e. The number of benzene rings is 2. The Morgan fingerprint density at radius 1 is 1.00 bits per heavy atom. The van der Waals surface area contributed by atoms with Crippen LogP contribution in [-0.4, -0.2) is 66.6 Å². The van der Waals surface area contributed by atoms with Gasteiger partial charge in [-0.15, -0.1) is 12.4 Å². The van der Waals surface area contributed by atoms with Gasteiger partial charge in [-0.1, -0.05) is 74.5 Å². The number of hydrogen-bond acceptors (Lipinski definition) is 7. The van der Waals surface area contributed by atoms with Crippen LogP contribution in [-0.2, 0) is 23.6 Å². The molecule has 5 rings (SSSR count). The molecule has 3 aromatic heterocycles. The first-order valence-electron chi connectivity index (χ1n) is 15.9. The number of hydrogen-bond donors (Lipinski definition) is 1. The van der Waals surface area contributed by atoms with Gasteiger partial charge in [0.15, 0.2) is 5.16 Å². The van der Waals surface area contributed by atoms with Gasteiger partial charge >= 0.3 is 0 Å². The smallest absolute Gasteiger partial charge is 0.277 e. The van der Waals surface area contributed by atoms with E-state index in [0.29, 0.717) is 41.1 Å². The summed E-state index contributed by atoms with van der Waals surface area (Å²) in [7, 11) is 0. The Bertz CT molecular complexity index is 1830. The summed E-state index contributed by atoms with van der Waals surface area (Å²) in [5, 5.41) is 7.91. The summed E-state index contributed by atoms with van der Waals surface area (Å²) in [4.78, 5) is 40.7. The van der Waals surface area contributed by atoms with E-state index in [-0.39, 0.29) is 42.2 Å². The second-order valence-electron chi connectivity index (χ2n) is 11.5. The lowest BCUT2D eigenvalue weighted by Crippen LogP contribution is -2.40. The second kappa shape index (κ2) is 18.1. The maximum absolute atomic E-state index is 14.2. The van der Waals surface area contributed by atoms with Gasteiger partial charge in [0.05, 0.1) is 18.4 Å². The minimum absolute atomic E-state index is 0. The van der Waals surface area contributed by atoms with E-state index in [1.807, 2.05) is 54.4 Å². The molecular formula is C36H40Cl2FN7O2S. The van der Waals surface area contributed by atoms with Crippen LogP contribution < -0.4 is 5.56 Å². The van der Waals surface area contributed by atoms with Crippen LogP contribution in [0.25, 0.3) is 11.1 Å². The highest BCUT2D eigenvalue weighted by Gasteiger charge is 2.22. The third-order valence-corrected chi connectivity index (χ3v) is 9.66. The number of nitrogens with one attached hydrogen (secondary N) is 1. The van der Waals surface area contributed by atoms with E-state index in [2.05, 4.69) is 33.9 Å². The first-order valence-corrected chi connectivity index (χ1v) is 17.3. The molecule has 0 saturated carbocycles. The van der Waals surface area contributed by atoms with Gasteiger partial charge in [-0.2, -0.15) is 10.1 Å². The van der Waals surface area contributed by atoms with Crippen molar-refractivity contribution in [3.05, 3.63) is 129 Å². The lowest BCUT2D eigenvalue weighted by Gasteiger charge is -2.27. The number of likely N-dealkylation sites (N-methyl/N-ethyl adjacent to an activating group) is 1. The van der Waals surface area contributed by atoms with E-state index in [1.54, 1.807) is 35.3 Å². The maximum atomic E-state index is 14.2. The number of aromatic amines is 1. The molecule has 0 fully saturated rings. The van der Waals surface area contributed by atoms with Gasteiger partial charge in [-0.25, -0.2) is 4.39 Å². The molecule has 0 aliphatic carbocycles. The van der Waals surface area contributed by atoms with Gasteiger partial charge in [-0.3, -0.25) is 19.7 Å². The van der Waals surface area contributed by atoms with Crippen molar-refractivity contribution >= 4 is 41.7 Å². The molecule has 5 aromatic rings. The van der Waals surface area contributed by atoms with Gasteiger partial charge in [0, 0.05) is 59.5 Å². The molecule has 3 heterocycles. The number of carbonyl (C=O) groups is 1. The molecule has 9 nitrogen and oxygen atoms in total. The molecule has 258 valence electrons. The molecule has 0 saturated heterocycles. The first kappa shape index (κ1) is 37.8. The zero-order valence-electron chi connectivity index (χ0n) is 27.7. The number of nitrogens with zero attached hydrogens (tertiary/aromatic N) is 6. The first-order chi connectivity index (χ1) is 23.2. The van der Waals surface area contributed by atoms with Crippen molar-refractivity contribution in [1.29, 1.82) is 0 Å². The molecule has 1 atom stereocenters. The van der Waals surface area contributed by atoms with Crippen LogP contribution in [0.3, 0.4) is 0 Å². The Morgan fingerprint density at radius 3 is 2.35 bits per heavy atom. The van der Waals surface area contributed by atoms with Crippen LogP contribution in [0.15, 0.2) is 95.4 Å². The Morgan fingerprint density at radius 2 is 1.71 bits per heavy atom. The Balaban J connectivity index is 0.00000541. The predicted molar refractivity (Wildman–Crippen MR) is 196 cm³/mol. The largest absolute Gasteiger partial charge is 0.334 e. The van der Waals surface area contributed by atoms with Gasteiger partial charge in [0.2, 0.25) is 5.91 Å². The highest BCUT2D eigenvalue weighted by atomic mass is 35.5. The van der Waals surface area contributed by atoms with Crippen molar-refractivity contribution in [3.8, 4) is 11.1 Å². The number of carbonyl (C=O) groups excluding carboxylic acids is 1. The molecule has 0 aliphatic heterocycles. The van der Waals surface area contributed by atoms with E-state index in [1.165, 1.54) is 23.9 Å². The summed E-state index contributed by atoms with van der Waals surface area (Å²) in [5.41, 5.74) is 4.54. The highest BCUT2D eigenvalue weighted by Crippen LogP contribution is 2.25. The molecule has 0 spiro atoms. The van der Waals surface area contributed by atoms with Crippen molar-refractivity contribution in [1.82, 2.24) is 34.5 Å². The van der Waals surface area contributed by atoms with Crippen molar-refractivity contribution in [2.45, 2.75) is 50.7 Å². The van der Waals surface area contributed by atoms with Crippen LogP contribution in [0.2, 0.25) is 5.02 Å². The maximum Gasteiger partial charge on any atom is 0.277 e. The zero-order chi connectivity index (χ0) is 34.0. The third-order valence-electron chi connectivity index (χ3n) is 8.35. The summed E-state index contributed by atoms with van der Waals surface area (Å²) in [6, 6.07) is 17.7. The van der Waals surface area contributed by atoms with Crippen molar-refractivity contribution in [2.75, 3.05) is 26.2 Å². The molecule has 1 amide bonds. The molecule has 0 radical (unpaired) electrons. The molecule has 1 unspecified atom stereocenters. The molecule has 0 bridgehead atoms. The lowest BCUT2D eigenvalue weighted by atomic mass is 9.98. The molecular weight excluding hydrogens is 684 g/mol. The fourth-order valence-corrected chi connectivity index (χ4v) is 6.34. The zero-order valence-corrected chi connectivity index (χ0v) is 30.1. The van der Waals surface area contributed by atoms with Crippen molar-refractivity contribution < 1.29 is 9.18 Å². The number of pyridine rings is 1. The van der Waals surface area contributed by atoms with E-state index in [4.69, 9.17) is 16.6 Å². The summed E-state index contributed by atoms with van der Waals surface area (Å²) in [6.07, 6.45) is 6.97. The number of rotatable bonds is 15. The summed E-state index contributed by atoms with van der Waals surface area (Å²) in [5.74, 6) is -0.279. The van der Waals surface area contributed by atoms with Crippen LogP contribution in [0.4, 0.5) is 4.39 Å². The highest BCUT2D eigenvalue weighted by molar-refractivity contribution is 7.98. The normalized spacial score (nSPS) is 11.7. The SMILES string of the molecule is CCN(CC)CCN(Cc1ccc(-c2ccc(Cl)cc2)cn1)C(=O)Cn1cc(C(C)c2cn[nH]c2)c(=O)nc1SCc1ccc(F)cc1.Cl. The van der Waals surface area contributed by atoms with Crippen LogP contribution in [0, 0.1) is 5.82 Å². The van der Waals surface area contributed by atoms with Crippen LogP contribution >= 0.6 is 35.8 Å². The van der Waals surface area contributed by atoms with E-state index in [9.17, 15) is 14.0 Å². The fraction of sp³-hybridized carbons (Fsp3) is 0.306.